The molecule has 0 saturated carbocycles. The van der Waals surface area contributed by atoms with E-state index in [4.69, 9.17) is 0 Å². The Bertz CT molecular complexity index is 312. The quantitative estimate of drug-likeness (QED) is 0.841. The van der Waals surface area contributed by atoms with Crippen LogP contribution in [0.1, 0.15) is 24.1 Å². The number of rotatable bonds is 3. The number of fused-ring (bicyclic) bond motifs is 1. The molecule has 2 saturated heterocycles. The average Bonchev–Trinajstić information content (AvgIpc) is 2.93. The Kier molecular flexibility index (Phi) is 2.73. The first-order valence-corrected chi connectivity index (χ1v) is 6.66. The molecule has 1 aromatic rings. The van der Waals surface area contributed by atoms with Crippen molar-refractivity contribution in [3.63, 3.8) is 0 Å². The fourth-order valence-corrected chi connectivity index (χ4v) is 3.43. The summed E-state index contributed by atoms with van der Waals surface area (Å²) in [5.41, 5.74) is 1.91. The molecule has 82 valence electrons. The van der Waals surface area contributed by atoms with Gasteiger partial charge in [-0.05, 0) is 25.8 Å². The largest absolute Gasteiger partial charge is 0.307 e. The van der Waals surface area contributed by atoms with Gasteiger partial charge in [0.15, 0.2) is 0 Å². The lowest BCUT2D eigenvalue weighted by molar-refractivity contribution is 0.299. The van der Waals surface area contributed by atoms with E-state index in [0.717, 1.165) is 18.6 Å². The van der Waals surface area contributed by atoms with Crippen molar-refractivity contribution in [2.45, 2.75) is 37.9 Å². The Morgan fingerprint density at radius 2 is 2.47 bits per heavy atom. The van der Waals surface area contributed by atoms with Crippen molar-refractivity contribution in [3.8, 4) is 0 Å². The van der Waals surface area contributed by atoms with Crippen molar-refractivity contribution in [1.82, 2.24) is 15.2 Å². The van der Waals surface area contributed by atoms with Crippen molar-refractivity contribution < 1.29 is 0 Å². The summed E-state index contributed by atoms with van der Waals surface area (Å²) in [5, 5.41) is 3.68. The van der Waals surface area contributed by atoms with Crippen molar-refractivity contribution in [3.05, 3.63) is 16.6 Å². The maximum Gasteiger partial charge on any atom is 0.0794 e. The number of thiazole rings is 1. The van der Waals surface area contributed by atoms with E-state index in [-0.39, 0.29) is 0 Å². The van der Waals surface area contributed by atoms with Gasteiger partial charge in [0.25, 0.3) is 0 Å². The molecule has 2 fully saturated rings. The SMILES string of the molecule is c1ncc(CNC2CCN3CCCC23)s1. The Hall–Kier alpha value is -0.450. The predicted octanol–water partition coefficient (Wildman–Crippen LogP) is 1.47. The van der Waals surface area contributed by atoms with E-state index in [2.05, 4.69) is 15.2 Å². The van der Waals surface area contributed by atoms with E-state index in [1.54, 1.807) is 11.3 Å². The van der Waals surface area contributed by atoms with Crippen molar-refractivity contribution in [2.24, 2.45) is 0 Å². The molecule has 1 aromatic heterocycles. The van der Waals surface area contributed by atoms with Gasteiger partial charge < -0.3 is 5.32 Å². The van der Waals surface area contributed by atoms with E-state index < -0.39 is 0 Å². The molecular formula is C11H17N3S. The lowest BCUT2D eigenvalue weighted by atomic mass is 10.1. The number of hydrogen-bond acceptors (Lipinski definition) is 4. The normalized spacial score (nSPS) is 30.9. The standard InChI is InChI=1S/C11H17N3S/c1-2-11-10(3-5-14(11)4-1)13-7-9-6-12-8-15-9/h6,8,10-11,13H,1-5,7H2. The third-order valence-electron chi connectivity index (χ3n) is 3.63. The van der Waals surface area contributed by atoms with Crippen LogP contribution < -0.4 is 5.32 Å². The highest BCUT2D eigenvalue weighted by Gasteiger charge is 2.36. The molecule has 2 unspecified atom stereocenters. The first kappa shape index (κ1) is 9.75. The van der Waals surface area contributed by atoms with Gasteiger partial charge in [-0.1, -0.05) is 0 Å². The minimum atomic E-state index is 0.717. The van der Waals surface area contributed by atoms with Gasteiger partial charge in [0, 0.05) is 36.2 Å². The summed E-state index contributed by atoms with van der Waals surface area (Å²) in [7, 11) is 0. The second-order valence-corrected chi connectivity index (χ2v) is 5.46. The summed E-state index contributed by atoms with van der Waals surface area (Å²) in [6.07, 6.45) is 6.08. The highest BCUT2D eigenvalue weighted by molar-refractivity contribution is 7.09. The van der Waals surface area contributed by atoms with E-state index >= 15 is 0 Å². The molecule has 1 N–H and O–H groups in total. The van der Waals surface area contributed by atoms with Crippen molar-refractivity contribution in [2.75, 3.05) is 13.1 Å². The molecule has 2 aliphatic rings. The molecule has 2 aliphatic heterocycles. The first-order chi connectivity index (χ1) is 7.43. The van der Waals surface area contributed by atoms with Gasteiger partial charge in [-0.3, -0.25) is 9.88 Å². The van der Waals surface area contributed by atoms with E-state index in [1.807, 2.05) is 11.7 Å². The summed E-state index contributed by atoms with van der Waals surface area (Å²) in [4.78, 5) is 8.10. The molecule has 0 spiro atoms. The van der Waals surface area contributed by atoms with Crippen molar-refractivity contribution in [1.29, 1.82) is 0 Å². The maximum atomic E-state index is 4.10. The zero-order valence-electron chi connectivity index (χ0n) is 8.85. The number of nitrogens with zero attached hydrogens (tertiary/aromatic N) is 2. The van der Waals surface area contributed by atoms with Gasteiger partial charge in [0.05, 0.1) is 5.51 Å². The van der Waals surface area contributed by atoms with Crippen LogP contribution in [0.4, 0.5) is 0 Å². The Morgan fingerprint density at radius 3 is 3.33 bits per heavy atom. The third-order valence-corrected chi connectivity index (χ3v) is 4.41. The average molecular weight is 223 g/mol. The lowest BCUT2D eigenvalue weighted by Crippen LogP contribution is -2.38. The fourth-order valence-electron chi connectivity index (χ4n) is 2.88. The number of hydrogen-bond donors (Lipinski definition) is 1. The zero-order chi connectivity index (χ0) is 10.1. The lowest BCUT2D eigenvalue weighted by Gasteiger charge is -2.20. The van der Waals surface area contributed by atoms with Gasteiger partial charge in [0.2, 0.25) is 0 Å². The minimum Gasteiger partial charge on any atom is -0.307 e. The van der Waals surface area contributed by atoms with Crippen LogP contribution in [0.15, 0.2) is 11.7 Å². The molecule has 15 heavy (non-hydrogen) atoms. The molecule has 0 amide bonds. The molecule has 0 bridgehead atoms. The summed E-state index contributed by atoms with van der Waals surface area (Å²) in [6.45, 7) is 3.62. The summed E-state index contributed by atoms with van der Waals surface area (Å²) >= 11 is 1.74. The predicted molar refractivity (Wildman–Crippen MR) is 62.0 cm³/mol. The van der Waals surface area contributed by atoms with Crippen LogP contribution in [0.3, 0.4) is 0 Å². The van der Waals surface area contributed by atoms with Crippen LogP contribution in [0.2, 0.25) is 0 Å². The molecule has 4 heteroatoms. The monoisotopic (exact) mass is 223 g/mol. The fraction of sp³-hybridized carbons (Fsp3) is 0.727. The maximum absolute atomic E-state index is 4.10. The number of aromatic nitrogens is 1. The van der Waals surface area contributed by atoms with Gasteiger partial charge in [-0.2, -0.15) is 0 Å². The molecule has 2 atom stereocenters. The Balaban J connectivity index is 1.55. The molecule has 3 rings (SSSR count). The van der Waals surface area contributed by atoms with Crippen LogP contribution in [0.25, 0.3) is 0 Å². The minimum absolute atomic E-state index is 0.717. The highest BCUT2D eigenvalue weighted by atomic mass is 32.1. The molecular weight excluding hydrogens is 206 g/mol. The Morgan fingerprint density at radius 1 is 1.47 bits per heavy atom. The Labute approximate surface area is 94.5 Å². The van der Waals surface area contributed by atoms with Gasteiger partial charge in [0.1, 0.15) is 0 Å². The van der Waals surface area contributed by atoms with E-state index in [0.29, 0.717) is 0 Å². The molecule has 0 aromatic carbocycles. The molecule has 3 nitrogen and oxygen atoms in total. The summed E-state index contributed by atoms with van der Waals surface area (Å²) in [6, 6.07) is 1.53. The second-order valence-electron chi connectivity index (χ2n) is 4.49. The van der Waals surface area contributed by atoms with Gasteiger partial charge in [-0.15, -0.1) is 11.3 Å². The first-order valence-electron chi connectivity index (χ1n) is 5.78. The topological polar surface area (TPSA) is 28.2 Å². The van der Waals surface area contributed by atoms with Crippen LogP contribution >= 0.6 is 11.3 Å². The van der Waals surface area contributed by atoms with Crippen LogP contribution in [0, 0.1) is 0 Å². The van der Waals surface area contributed by atoms with Crippen LogP contribution in [-0.2, 0) is 6.54 Å². The second kappa shape index (κ2) is 4.20. The van der Waals surface area contributed by atoms with Crippen LogP contribution in [-0.4, -0.2) is 35.1 Å². The third kappa shape index (κ3) is 1.94. The zero-order valence-corrected chi connectivity index (χ0v) is 9.67. The molecule has 3 heterocycles. The van der Waals surface area contributed by atoms with E-state index in [1.165, 1.54) is 37.2 Å². The molecule has 0 radical (unpaired) electrons. The van der Waals surface area contributed by atoms with Crippen LogP contribution in [0.5, 0.6) is 0 Å². The van der Waals surface area contributed by atoms with Gasteiger partial charge >= 0.3 is 0 Å². The van der Waals surface area contributed by atoms with E-state index in [9.17, 15) is 0 Å². The summed E-state index contributed by atoms with van der Waals surface area (Å²) < 4.78 is 0. The van der Waals surface area contributed by atoms with Crippen molar-refractivity contribution >= 4 is 11.3 Å². The summed E-state index contributed by atoms with van der Waals surface area (Å²) in [5.74, 6) is 0. The smallest absolute Gasteiger partial charge is 0.0794 e. The molecule has 0 aliphatic carbocycles. The number of nitrogens with one attached hydrogen (secondary N) is 1. The van der Waals surface area contributed by atoms with Gasteiger partial charge in [-0.25, -0.2) is 0 Å². The highest BCUT2D eigenvalue weighted by Crippen LogP contribution is 2.28.